The molecule has 2 bridgehead atoms. The van der Waals surface area contributed by atoms with Gasteiger partial charge < -0.3 is 11.1 Å². The second kappa shape index (κ2) is 5.00. The summed E-state index contributed by atoms with van der Waals surface area (Å²) in [6.07, 6.45) is 9.59. The Kier molecular flexibility index (Phi) is 3.05. The quantitative estimate of drug-likeness (QED) is 0.841. The second-order valence-corrected chi connectivity index (χ2v) is 8.31. The first-order chi connectivity index (χ1) is 12.0. The average molecular weight is 342 g/mol. The highest BCUT2D eigenvalue weighted by molar-refractivity contribution is 5.63. The molecule has 4 aliphatic carbocycles. The van der Waals surface area contributed by atoms with E-state index in [4.69, 9.17) is 5.73 Å². The van der Waals surface area contributed by atoms with E-state index in [0.717, 1.165) is 43.5 Å². The SMILES string of the molecule is Cn1ncc(-c2nc(NC34CC(CN)(C3)C4)ncc2F)c1CC1CC1. The van der Waals surface area contributed by atoms with Gasteiger partial charge in [-0.05, 0) is 56.4 Å². The molecule has 3 N–H and O–H groups in total. The van der Waals surface area contributed by atoms with Gasteiger partial charge in [0.2, 0.25) is 5.95 Å². The van der Waals surface area contributed by atoms with Crippen molar-refractivity contribution in [2.24, 2.45) is 24.1 Å². The van der Waals surface area contributed by atoms with Crippen LogP contribution >= 0.6 is 0 Å². The topological polar surface area (TPSA) is 81.7 Å². The van der Waals surface area contributed by atoms with E-state index in [-0.39, 0.29) is 5.54 Å². The fourth-order valence-electron chi connectivity index (χ4n) is 4.70. The maximum absolute atomic E-state index is 14.4. The Labute approximate surface area is 146 Å². The average Bonchev–Trinajstić information content (AvgIpc) is 3.27. The van der Waals surface area contributed by atoms with E-state index in [1.807, 2.05) is 11.7 Å². The number of halogens is 1. The minimum Gasteiger partial charge on any atom is -0.349 e. The van der Waals surface area contributed by atoms with Crippen molar-refractivity contribution in [2.75, 3.05) is 11.9 Å². The standard InChI is InChI=1S/C18H23FN6/c1-25-14(4-11-2-3-11)12(5-22-25)15-13(19)6-21-16(23-15)24-18-7-17(8-18,9-18)10-20/h5-6,11H,2-4,7-10,20H2,1H3,(H,21,23,24). The van der Waals surface area contributed by atoms with E-state index in [0.29, 0.717) is 23.0 Å². The summed E-state index contributed by atoms with van der Waals surface area (Å²) in [5.74, 6) is 0.805. The lowest BCUT2D eigenvalue weighted by atomic mass is 9.39. The fourth-order valence-corrected chi connectivity index (χ4v) is 4.70. The van der Waals surface area contributed by atoms with Gasteiger partial charge in [-0.15, -0.1) is 0 Å². The smallest absolute Gasteiger partial charge is 0.223 e. The van der Waals surface area contributed by atoms with Crippen molar-refractivity contribution in [1.29, 1.82) is 0 Å². The van der Waals surface area contributed by atoms with Gasteiger partial charge >= 0.3 is 0 Å². The molecule has 0 spiro atoms. The van der Waals surface area contributed by atoms with Crippen LogP contribution in [0.4, 0.5) is 10.3 Å². The van der Waals surface area contributed by atoms with Gasteiger partial charge in [-0.3, -0.25) is 4.68 Å². The molecule has 0 radical (unpaired) electrons. The highest BCUT2D eigenvalue weighted by Gasteiger charge is 2.67. The number of hydrogen-bond donors (Lipinski definition) is 2. The minimum atomic E-state index is -0.397. The van der Waals surface area contributed by atoms with Gasteiger partial charge in [-0.25, -0.2) is 14.4 Å². The van der Waals surface area contributed by atoms with Crippen LogP contribution in [0.2, 0.25) is 0 Å². The van der Waals surface area contributed by atoms with Crippen molar-refractivity contribution >= 4 is 5.95 Å². The van der Waals surface area contributed by atoms with Gasteiger partial charge in [0.25, 0.3) is 0 Å². The molecule has 2 aromatic rings. The van der Waals surface area contributed by atoms with Crippen molar-refractivity contribution < 1.29 is 4.39 Å². The number of aromatic nitrogens is 4. The summed E-state index contributed by atoms with van der Waals surface area (Å²) in [6, 6.07) is 0. The molecular weight excluding hydrogens is 319 g/mol. The monoisotopic (exact) mass is 342 g/mol. The number of nitrogens with two attached hydrogens (primary N) is 1. The predicted octanol–water partition coefficient (Wildman–Crippen LogP) is 2.26. The van der Waals surface area contributed by atoms with Crippen molar-refractivity contribution in [3.63, 3.8) is 0 Å². The Balaban J connectivity index is 1.42. The van der Waals surface area contributed by atoms with Crippen LogP contribution in [-0.4, -0.2) is 31.8 Å². The number of aryl methyl sites for hydroxylation is 1. The van der Waals surface area contributed by atoms with Gasteiger partial charge in [0.1, 0.15) is 5.69 Å². The summed E-state index contributed by atoms with van der Waals surface area (Å²) in [6.45, 7) is 0.742. The second-order valence-electron chi connectivity index (χ2n) is 8.31. The van der Waals surface area contributed by atoms with E-state index < -0.39 is 5.82 Å². The third kappa shape index (κ3) is 2.36. The van der Waals surface area contributed by atoms with Crippen LogP contribution in [-0.2, 0) is 13.5 Å². The fraction of sp³-hybridized carbons (Fsp3) is 0.611. The molecule has 0 atom stereocenters. The molecule has 4 saturated carbocycles. The van der Waals surface area contributed by atoms with E-state index >= 15 is 0 Å². The molecule has 0 amide bonds. The summed E-state index contributed by atoms with van der Waals surface area (Å²) < 4.78 is 16.3. The molecule has 7 heteroatoms. The Morgan fingerprint density at radius 1 is 1.32 bits per heavy atom. The maximum Gasteiger partial charge on any atom is 0.223 e. The molecule has 132 valence electrons. The van der Waals surface area contributed by atoms with E-state index in [2.05, 4.69) is 20.4 Å². The number of nitrogens with zero attached hydrogens (tertiary/aromatic N) is 4. The zero-order valence-electron chi connectivity index (χ0n) is 14.4. The summed E-state index contributed by atoms with van der Waals surface area (Å²) >= 11 is 0. The minimum absolute atomic E-state index is 0.0697. The highest BCUT2D eigenvalue weighted by Crippen LogP contribution is 2.67. The molecule has 6 rings (SSSR count). The summed E-state index contributed by atoms with van der Waals surface area (Å²) in [5.41, 5.74) is 8.41. The van der Waals surface area contributed by atoms with Crippen LogP contribution in [0.1, 0.15) is 37.8 Å². The molecule has 2 aromatic heterocycles. The summed E-state index contributed by atoms with van der Waals surface area (Å²) in [4.78, 5) is 8.66. The zero-order chi connectivity index (χ0) is 17.2. The first-order valence-corrected chi connectivity index (χ1v) is 9.04. The zero-order valence-corrected chi connectivity index (χ0v) is 14.4. The van der Waals surface area contributed by atoms with Crippen LogP contribution in [0.25, 0.3) is 11.3 Å². The molecule has 0 saturated heterocycles. The lowest BCUT2D eigenvalue weighted by Crippen LogP contribution is -2.73. The van der Waals surface area contributed by atoms with Crippen LogP contribution < -0.4 is 11.1 Å². The molecular formula is C18H23FN6. The predicted molar refractivity (Wildman–Crippen MR) is 92.3 cm³/mol. The van der Waals surface area contributed by atoms with Crippen molar-refractivity contribution in [2.45, 2.75) is 44.1 Å². The van der Waals surface area contributed by atoms with Crippen molar-refractivity contribution in [3.05, 3.63) is 23.9 Å². The van der Waals surface area contributed by atoms with Gasteiger partial charge in [-0.1, -0.05) is 0 Å². The number of anilines is 1. The third-order valence-corrected chi connectivity index (χ3v) is 6.19. The van der Waals surface area contributed by atoms with Crippen LogP contribution in [0.15, 0.2) is 12.4 Å². The molecule has 25 heavy (non-hydrogen) atoms. The number of hydrogen-bond acceptors (Lipinski definition) is 5. The molecule has 0 unspecified atom stereocenters. The van der Waals surface area contributed by atoms with Gasteiger partial charge in [0, 0.05) is 23.8 Å². The van der Waals surface area contributed by atoms with Crippen LogP contribution in [0, 0.1) is 17.2 Å². The first kappa shape index (κ1) is 15.3. The van der Waals surface area contributed by atoms with Crippen LogP contribution in [0.5, 0.6) is 0 Å². The molecule has 6 nitrogen and oxygen atoms in total. The Hall–Kier alpha value is -2.02. The number of rotatable bonds is 6. The lowest BCUT2D eigenvalue weighted by molar-refractivity contribution is -0.108. The van der Waals surface area contributed by atoms with Crippen molar-refractivity contribution in [1.82, 2.24) is 19.7 Å². The molecule has 4 fully saturated rings. The Morgan fingerprint density at radius 2 is 2.08 bits per heavy atom. The normalized spacial score (nSPS) is 29.9. The molecule has 0 aromatic carbocycles. The van der Waals surface area contributed by atoms with Crippen LogP contribution in [0.3, 0.4) is 0 Å². The molecule has 0 aliphatic heterocycles. The van der Waals surface area contributed by atoms with E-state index in [9.17, 15) is 4.39 Å². The first-order valence-electron chi connectivity index (χ1n) is 9.04. The third-order valence-electron chi connectivity index (χ3n) is 6.19. The molecule has 2 heterocycles. The molecule has 4 aliphatic rings. The largest absolute Gasteiger partial charge is 0.349 e. The maximum atomic E-state index is 14.4. The highest BCUT2D eigenvalue weighted by atomic mass is 19.1. The van der Waals surface area contributed by atoms with Crippen molar-refractivity contribution in [3.8, 4) is 11.3 Å². The Morgan fingerprint density at radius 3 is 2.76 bits per heavy atom. The lowest BCUT2D eigenvalue weighted by Gasteiger charge is -2.70. The van der Waals surface area contributed by atoms with E-state index in [1.165, 1.54) is 19.0 Å². The summed E-state index contributed by atoms with van der Waals surface area (Å²) in [7, 11) is 1.91. The Bertz CT molecular complexity index is 820. The van der Waals surface area contributed by atoms with Gasteiger partial charge in [-0.2, -0.15) is 5.10 Å². The van der Waals surface area contributed by atoms with Gasteiger partial charge in [0.15, 0.2) is 5.82 Å². The van der Waals surface area contributed by atoms with E-state index in [1.54, 1.807) is 6.20 Å². The number of nitrogens with one attached hydrogen (secondary N) is 1. The summed E-state index contributed by atoms with van der Waals surface area (Å²) in [5, 5.41) is 7.75. The van der Waals surface area contributed by atoms with Gasteiger partial charge in [0.05, 0.1) is 12.4 Å².